The predicted molar refractivity (Wildman–Crippen MR) is 157 cm³/mol. The lowest BCUT2D eigenvalue weighted by Gasteiger charge is -2.26. The van der Waals surface area contributed by atoms with Crippen LogP contribution in [0.5, 0.6) is 17.2 Å². The fraction of sp³-hybridized carbons (Fsp3) is 0.107. The molecule has 43 heavy (non-hydrogen) atoms. The van der Waals surface area contributed by atoms with Crippen LogP contribution in [0.1, 0.15) is 18.1 Å². The van der Waals surface area contributed by atoms with Crippen molar-refractivity contribution in [1.82, 2.24) is 5.32 Å². The van der Waals surface area contributed by atoms with Crippen molar-refractivity contribution in [3.63, 3.8) is 0 Å². The van der Waals surface area contributed by atoms with E-state index in [0.29, 0.717) is 5.56 Å². The van der Waals surface area contributed by atoms with E-state index >= 15 is 0 Å². The maximum Gasteiger partial charge on any atom is 0.335 e. The van der Waals surface area contributed by atoms with Gasteiger partial charge in [0.25, 0.3) is 17.5 Å². The normalized spacial score (nSPS) is 14.0. The molecule has 0 aliphatic carbocycles. The Morgan fingerprint density at radius 1 is 0.977 bits per heavy atom. The van der Waals surface area contributed by atoms with Gasteiger partial charge in [0.1, 0.15) is 5.57 Å². The molecule has 1 saturated heterocycles. The molecule has 1 aliphatic rings. The summed E-state index contributed by atoms with van der Waals surface area (Å²) in [5.74, 6) is -2.03. The highest BCUT2D eigenvalue weighted by Crippen LogP contribution is 2.42. The van der Waals surface area contributed by atoms with Crippen LogP contribution in [0.25, 0.3) is 6.08 Å². The van der Waals surface area contributed by atoms with Crippen LogP contribution >= 0.6 is 23.2 Å². The molecule has 3 aromatic rings. The van der Waals surface area contributed by atoms with Gasteiger partial charge in [0.15, 0.2) is 11.5 Å². The lowest BCUT2D eigenvalue weighted by atomic mass is 10.0. The van der Waals surface area contributed by atoms with Crippen LogP contribution in [0.2, 0.25) is 10.0 Å². The van der Waals surface area contributed by atoms with E-state index in [1.165, 1.54) is 42.5 Å². The summed E-state index contributed by atoms with van der Waals surface area (Å²) in [7, 11) is 0. The number of carbonyl (C=O) groups excluding carboxylic acids is 3. The molecule has 0 spiro atoms. The third kappa shape index (κ3) is 6.47. The molecule has 4 rings (SSSR count). The van der Waals surface area contributed by atoms with E-state index < -0.39 is 44.6 Å². The molecule has 0 bridgehead atoms. The Balaban J connectivity index is 1.81. The van der Waals surface area contributed by atoms with Crippen molar-refractivity contribution in [3.8, 4) is 17.2 Å². The van der Waals surface area contributed by atoms with Gasteiger partial charge < -0.3 is 9.47 Å². The molecule has 13 nitrogen and oxygen atoms in total. The molecular weight excluding hydrogens is 607 g/mol. The van der Waals surface area contributed by atoms with Crippen molar-refractivity contribution in [3.05, 3.63) is 108 Å². The van der Waals surface area contributed by atoms with E-state index in [4.69, 9.17) is 32.7 Å². The van der Waals surface area contributed by atoms with Gasteiger partial charge in [-0.05, 0) is 61.4 Å². The SMILES string of the molecule is C=CCc1cc(/C=C2\C(=O)NC(=O)N(c3ccc(Cl)c(Cl)c3)C2=O)cc(OCC)c1Oc1ccc([N+](=O)[O-])cc1[N+](=O)[O-]. The van der Waals surface area contributed by atoms with Crippen LogP contribution in [-0.2, 0) is 16.0 Å². The number of benzene rings is 3. The number of nitro groups is 2. The Hall–Kier alpha value is -5.27. The summed E-state index contributed by atoms with van der Waals surface area (Å²) < 4.78 is 11.6. The first kappa shape index (κ1) is 30.7. The Bertz CT molecular complexity index is 1740. The standard InChI is InChI=1S/C28H20Cl2N4O9/c1-3-5-16-10-15(11-19-26(35)31-28(37)32(27(19)36)17-6-8-20(29)21(30)13-17)12-24(42-4-2)25(16)43-23-9-7-18(33(38)39)14-22(23)34(40)41/h3,6-14H,1,4-5H2,2H3,(H,31,35,37)/b19-11+. The monoisotopic (exact) mass is 626 g/mol. The number of nitrogens with zero attached hydrogens (tertiary/aromatic N) is 3. The van der Waals surface area contributed by atoms with Gasteiger partial charge in [0.2, 0.25) is 5.75 Å². The number of amides is 4. The number of urea groups is 1. The first-order chi connectivity index (χ1) is 20.4. The second kappa shape index (κ2) is 12.7. The highest BCUT2D eigenvalue weighted by atomic mass is 35.5. The van der Waals surface area contributed by atoms with E-state index in [9.17, 15) is 34.6 Å². The van der Waals surface area contributed by atoms with Gasteiger partial charge >= 0.3 is 11.7 Å². The molecule has 1 N–H and O–H groups in total. The number of halogens is 2. The largest absolute Gasteiger partial charge is 0.490 e. The molecule has 0 aromatic heterocycles. The van der Waals surface area contributed by atoms with Crippen molar-refractivity contribution >= 4 is 64.2 Å². The van der Waals surface area contributed by atoms with Crippen molar-refractivity contribution in [1.29, 1.82) is 0 Å². The minimum Gasteiger partial charge on any atom is -0.490 e. The van der Waals surface area contributed by atoms with Crippen molar-refractivity contribution in [2.75, 3.05) is 11.5 Å². The second-order valence-corrected chi connectivity index (χ2v) is 9.57. The number of rotatable bonds is 10. The maximum atomic E-state index is 13.4. The van der Waals surface area contributed by atoms with Crippen LogP contribution in [0, 0.1) is 20.2 Å². The lowest BCUT2D eigenvalue weighted by molar-refractivity contribution is -0.394. The minimum absolute atomic E-state index is 0.0490. The van der Waals surface area contributed by atoms with Crippen LogP contribution in [0.3, 0.4) is 0 Å². The zero-order chi connectivity index (χ0) is 31.4. The first-order valence-electron chi connectivity index (χ1n) is 12.3. The van der Waals surface area contributed by atoms with E-state index in [1.807, 2.05) is 0 Å². The fourth-order valence-electron chi connectivity index (χ4n) is 4.09. The van der Waals surface area contributed by atoms with Gasteiger partial charge in [0, 0.05) is 11.6 Å². The predicted octanol–water partition coefficient (Wildman–Crippen LogP) is 6.40. The van der Waals surface area contributed by atoms with Crippen LogP contribution in [0.4, 0.5) is 21.9 Å². The number of carbonyl (C=O) groups is 3. The molecule has 0 unspecified atom stereocenters. The zero-order valence-electron chi connectivity index (χ0n) is 22.2. The Labute approximate surface area is 253 Å². The van der Waals surface area contributed by atoms with Crippen molar-refractivity contribution in [2.24, 2.45) is 0 Å². The van der Waals surface area contributed by atoms with Crippen LogP contribution < -0.4 is 19.7 Å². The molecule has 0 atom stereocenters. The molecule has 220 valence electrons. The molecule has 4 amide bonds. The van der Waals surface area contributed by atoms with Crippen molar-refractivity contribution < 1.29 is 33.7 Å². The first-order valence-corrected chi connectivity index (χ1v) is 13.1. The summed E-state index contributed by atoms with van der Waals surface area (Å²) in [5.41, 5.74) is -0.789. The van der Waals surface area contributed by atoms with Gasteiger partial charge in [-0.3, -0.25) is 35.1 Å². The number of hydrogen-bond donors (Lipinski definition) is 1. The summed E-state index contributed by atoms with van der Waals surface area (Å²) in [5, 5.41) is 25.2. The number of anilines is 1. The number of ether oxygens (including phenoxy) is 2. The highest BCUT2D eigenvalue weighted by Gasteiger charge is 2.37. The molecule has 1 fully saturated rings. The van der Waals surface area contributed by atoms with Gasteiger partial charge in [0.05, 0.1) is 38.3 Å². The Morgan fingerprint density at radius 2 is 1.72 bits per heavy atom. The van der Waals surface area contributed by atoms with Gasteiger partial charge in [-0.2, -0.15) is 0 Å². The summed E-state index contributed by atoms with van der Waals surface area (Å²) in [4.78, 5) is 60.6. The van der Waals surface area contributed by atoms with E-state index in [1.54, 1.807) is 6.92 Å². The number of nitrogens with one attached hydrogen (secondary N) is 1. The summed E-state index contributed by atoms with van der Waals surface area (Å²) in [6.45, 7) is 5.52. The van der Waals surface area contributed by atoms with Crippen molar-refractivity contribution in [2.45, 2.75) is 13.3 Å². The average Bonchev–Trinajstić information content (AvgIpc) is 2.94. The van der Waals surface area contributed by atoms with Crippen LogP contribution in [0.15, 0.2) is 66.8 Å². The fourth-order valence-corrected chi connectivity index (χ4v) is 4.39. The van der Waals surface area contributed by atoms with Gasteiger partial charge in [-0.1, -0.05) is 29.3 Å². The Morgan fingerprint density at radius 3 is 2.35 bits per heavy atom. The molecule has 3 aromatic carbocycles. The summed E-state index contributed by atoms with van der Waals surface area (Å²) in [6.07, 6.45) is 2.91. The maximum absolute atomic E-state index is 13.4. The topological polar surface area (TPSA) is 171 Å². The molecule has 1 heterocycles. The molecule has 15 heteroatoms. The molecular formula is C28H20Cl2N4O9. The van der Waals surface area contributed by atoms with E-state index in [0.717, 1.165) is 23.1 Å². The third-order valence-electron chi connectivity index (χ3n) is 5.95. The molecule has 0 radical (unpaired) electrons. The zero-order valence-corrected chi connectivity index (χ0v) is 23.7. The second-order valence-electron chi connectivity index (χ2n) is 8.76. The van der Waals surface area contributed by atoms with Gasteiger partial charge in [-0.15, -0.1) is 6.58 Å². The summed E-state index contributed by atoms with van der Waals surface area (Å²) in [6, 6.07) is 8.98. The summed E-state index contributed by atoms with van der Waals surface area (Å²) >= 11 is 12.0. The van der Waals surface area contributed by atoms with E-state index in [2.05, 4.69) is 11.9 Å². The third-order valence-corrected chi connectivity index (χ3v) is 6.69. The van der Waals surface area contributed by atoms with Crippen LogP contribution in [-0.4, -0.2) is 34.3 Å². The van der Waals surface area contributed by atoms with E-state index in [-0.39, 0.29) is 51.6 Å². The highest BCUT2D eigenvalue weighted by molar-refractivity contribution is 6.43. The Kier molecular flexibility index (Phi) is 9.07. The molecule has 1 aliphatic heterocycles. The number of allylic oxidation sites excluding steroid dienone is 1. The van der Waals surface area contributed by atoms with Gasteiger partial charge in [-0.25, -0.2) is 9.69 Å². The number of imide groups is 2. The number of barbiturate groups is 1. The lowest BCUT2D eigenvalue weighted by Crippen LogP contribution is -2.54. The number of non-ortho nitro benzene ring substituents is 1. The average molecular weight is 627 g/mol. The minimum atomic E-state index is -0.985. The number of hydrogen-bond acceptors (Lipinski definition) is 9. The molecule has 0 saturated carbocycles. The quantitative estimate of drug-likeness (QED) is 0.0878. The number of nitro benzene ring substituents is 2. The smallest absolute Gasteiger partial charge is 0.335 e.